The minimum atomic E-state index is 0. The van der Waals surface area contributed by atoms with Gasteiger partial charge in [0.25, 0.3) is 0 Å². The smallest absolute Gasteiger partial charge is 0.213 e. The Hall–Kier alpha value is -1.42. The standard InChI is InChI=1S/C18H25N5OS.HI/c1-13-9-22-17(25-13)7-8-20-18(19-2)23-11-15-5-6-16(21-10-15)24-12-14-3-4-14;/h5-6,9-10,14H,3-4,7-8,11-12H2,1-2H3,(H2,19,20,23);1H. The number of nitrogens with zero attached hydrogens (tertiary/aromatic N) is 3. The molecular weight excluding hydrogens is 461 g/mol. The molecular formula is C18H26IN5OS. The molecule has 0 bridgehead atoms. The van der Waals surface area contributed by atoms with E-state index in [1.807, 2.05) is 24.5 Å². The van der Waals surface area contributed by atoms with Gasteiger partial charge in [-0.15, -0.1) is 35.3 Å². The van der Waals surface area contributed by atoms with Crippen LogP contribution in [0.4, 0.5) is 0 Å². The van der Waals surface area contributed by atoms with Crippen LogP contribution >= 0.6 is 35.3 Å². The maximum Gasteiger partial charge on any atom is 0.213 e. The molecule has 8 heteroatoms. The third-order valence-electron chi connectivity index (χ3n) is 3.95. The third kappa shape index (κ3) is 7.06. The van der Waals surface area contributed by atoms with Gasteiger partial charge in [0, 0.05) is 49.9 Å². The SMILES string of the molecule is CN=C(NCCc1ncc(C)s1)NCc1ccc(OCC2CC2)nc1.I. The number of nitrogens with one attached hydrogen (secondary N) is 2. The summed E-state index contributed by atoms with van der Waals surface area (Å²) in [5.74, 6) is 2.23. The summed E-state index contributed by atoms with van der Waals surface area (Å²) in [6.07, 6.45) is 7.24. The topological polar surface area (TPSA) is 71.4 Å². The summed E-state index contributed by atoms with van der Waals surface area (Å²) in [5.41, 5.74) is 1.09. The van der Waals surface area contributed by atoms with E-state index in [9.17, 15) is 0 Å². The molecule has 1 saturated carbocycles. The van der Waals surface area contributed by atoms with Gasteiger partial charge >= 0.3 is 0 Å². The maximum atomic E-state index is 5.66. The number of ether oxygens (including phenoxy) is 1. The molecule has 0 atom stereocenters. The number of aliphatic imine (C=N–C) groups is 1. The lowest BCUT2D eigenvalue weighted by molar-refractivity contribution is 0.288. The Kier molecular flexibility index (Phi) is 8.56. The Morgan fingerprint density at radius 1 is 1.27 bits per heavy atom. The number of hydrogen-bond donors (Lipinski definition) is 2. The van der Waals surface area contributed by atoms with Crippen LogP contribution in [0.1, 0.15) is 28.3 Å². The van der Waals surface area contributed by atoms with Gasteiger partial charge in [0.1, 0.15) is 0 Å². The second-order valence-corrected chi connectivity index (χ2v) is 7.55. The summed E-state index contributed by atoms with van der Waals surface area (Å²) >= 11 is 1.74. The monoisotopic (exact) mass is 487 g/mol. The van der Waals surface area contributed by atoms with Crippen LogP contribution in [0.2, 0.25) is 0 Å². The Labute approximate surface area is 175 Å². The lowest BCUT2D eigenvalue weighted by Gasteiger charge is -2.11. The molecule has 1 aliphatic carbocycles. The van der Waals surface area contributed by atoms with Crippen molar-refractivity contribution in [2.75, 3.05) is 20.2 Å². The summed E-state index contributed by atoms with van der Waals surface area (Å²) in [6.45, 7) is 4.34. The van der Waals surface area contributed by atoms with E-state index in [1.54, 1.807) is 18.4 Å². The average Bonchev–Trinajstić information content (AvgIpc) is 3.37. The van der Waals surface area contributed by atoms with E-state index >= 15 is 0 Å². The van der Waals surface area contributed by atoms with Crippen LogP contribution in [-0.2, 0) is 13.0 Å². The number of pyridine rings is 1. The van der Waals surface area contributed by atoms with Crippen LogP contribution in [0.25, 0.3) is 0 Å². The fourth-order valence-electron chi connectivity index (χ4n) is 2.30. The van der Waals surface area contributed by atoms with E-state index in [0.717, 1.165) is 42.0 Å². The first-order valence-corrected chi connectivity index (χ1v) is 9.48. The van der Waals surface area contributed by atoms with Crippen molar-refractivity contribution >= 4 is 41.3 Å². The maximum absolute atomic E-state index is 5.66. The fourth-order valence-corrected chi connectivity index (χ4v) is 3.09. The molecule has 142 valence electrons. The van der Waals surface area contributed by atoms with E-state index in [0.29, 0.717) is 12.4 Å². The van der Waals surface area contributed by atoms with Gasteiger partial charge in [-0.3, -0.25) is 4.99 Å². The highest BCUT2D eigenvalue weighted by atomic mass is 127. The van der Waals surface area contributed by atoms with E-state index in [1.165, 1.54) is 17.7 Å². The quantitative estimate of drug-likeness (QED) is 0.340. The highest BCUT2D eigenvalue weighted by molar-refractivity contribution is 14.0. The van der Waals surface area contributed by atoms with Gasteiger partial charge in [0.2, 0.25) is 5.88 Å². The second kappa shape index (κ2) is 10.7. The van der Waals surface area contributed by atoms with Gasteiger partial charge in [-0.05, 0) is 31.2 Å². The molecule has 2 aromatic heterocycles. The molecule has 0 aromatic carbocycles. The molecule has 1 fully saturated rings. The van der Waals surface area contributed by atoms with Crippen molar-refractivity contribution in [1.29, 1.82) is 0 Å². The predicted octanol–water partition coefficient (Wildman–Crippen LogP) is 3.16. The molecule has 0 saturated heterocycles. The summed E-state index contributed by atoms with van der Waals surface area (Å²) in [6, 6.07) is 3.97. The molecule has 6 nitrogen and oxygen atoms in total. The van der Waals surface area contributed by atoms with Crippen molar-refractivity contribution in [3.05, 3.63) is 40.0 Å². The van der Waals surface area contributed by atoms with Crippen LogP contribution in [0.15, 0.2) is 29.5 Å². The Balaban J connectivity index is 0.00000243. The Morgan fingerprint density at radius 3 is 2.73 bits per heavy atom. The van der Waals surface area contributed by atoms with Crippen LogP contribution in [-0.4, -0.2) is 36.1 Å². The zero-order chi connectivity index (χ0) is 17.5. The highest BCUT2D eigenvalue weighted by Crippen LogP contribution is 2.29. The molecule has 1 aliphatic rings. The van der Waals surface area contributed by atoms with Crippen molar-refractivity contribution in [2.45, 2.75) is 32.7 Å². The van der Waals surface area contributed by atoms with Crippen molar-refractivity contribution in [3.8, 4) is 5.88 Å². The number of aryl methyl sites for hydroxylation is 1. The van der Waals surface area contributed by atoms with Gasteiger partial charge in [0.15, 0.2) is 5.96 Å². The number of aromatic nitrogens is 2. The summed E-state index contributed by atoms with van der Waals surface area (Å²) < 4.78 is 5.66. The number of rotatable bonds is 8. The number of guanidine groups is 1. The minimum absolute atomic E-state index is 0. The van der Waals surface area contributed by atoms with Crippen LogP contribution < -0.4 is 15.4 Å². The van der Waals surface area contributed by atoms with Crippen molar-refractivity contribution in [2.24, 2.45) is 10.9 Å². The molecule has 0 amide bonds. The summed E-state index contributed by atoms with van der Waals surface area (Å²) in [5, 5.41) is 7.75. The molecule has 3 rings (SSSR count). The number of hydrogen-bond acceptors (Lipinski definition) is 5. The van der Waals surface area contributed by atoms with Crippen LogP contribution in [0, 0.1) is 12.8 Å². The van der Waals surface area contributed by atoms with Gasteiger partial charge in [-0.25, -0.2) is 9.97 Å². The van der Waals surface area contributed by atoms with E-state index in [-0.39, 0.29) is 24.0 Å². The first-order valence-electron chi connectivity index (χ1n) is 8.66. The molecule has 0 spiro atoms. The van der Waals surface area contributed by atoms with Crippen LogP contribution in [0.3, 0.4) is 0 Å². The molecule has 0 radical (unpaired) electrons. The number of thiazole rings is 1. The molecule has 0 aliphatic heterocycles. The Morgan fingerprint density at radius 2 is 2.12 bits per heavy atom. The normalized spacial score (nSPS) is 13.8. The third-order valence-corrected chi connectivity index (χ3v) is 4.92. The van der Waals surface area contributed by atoms with E-state index < -0.39 is 0 Å². The molecule has 2 aromatic rings. The van der Waals surface area contributed by atoms with E-state index in [4.69, 9.17) is 4.74 Å². The second-order valence-electron chi connectivity index (χ2n) is 6.23. The van der Waals surface area contributed by atoms with Gasteiger partial charge in [-0.1, -0.05) is 6.07 Å². The van der Waals surface area contributed by atoms with Crippen LogP contribution in [0.5, 0.6) is 5.88 Å². The lowest BCUT2D eigenvalue weighted by Crippen LogP contribution is -2.37. The summed E-state index contributed by atoms with van der Waals surface area (Å²) in [7, 11) is 1.77. The molecule has 0 unspecified atom stereocenters. The average molecular weight is 487 g/mol. The van der Waals surface area contributed by atoms with Gasteiger partial charge in [0.05, 0.1) is 11.6 Å². The van der Waals surface area contributed by atoms with Gasteiger partial charge < -0.3 is 15.4 Å². The fraction of sp³-hybridized carbons (Fsp3) is 0.500. The Bertz CT molecular complexity index is 700. The molecule has 26 heavy (non-hydrogen) atoms. The van der Waals surface area contributed by atoms with Crippen molar-refractivity contribution in [3.63, 3.8) is 0 Å². The van der Waals surface area contributed by atoms with Gasteiger partial charge in [-0.2, -0.15) is 0 Å². The van der Waals surface area contributed by atoms with E-state index in [2.05, 4.69) is 32.5 Å². The zero-order valence-electron chi connectivity index (χ0n) is 15.2. The first-order chi connectivity index (χ1) is 12.2. The minimum Gasteiger partial charge on any atom is -0.477 e. The predicted molar refractivity (Wildman–Crippen MR) is 117 cm³/mol. The highest BCUT2D eigenvalue weighted by Gasteiger charge is 2.21. The molecule has 2 N–H and O–H groups in total. The van der Waals surface area contributed by atoms with Crippen molar-refractivity contribution < 1.29 is 4.74 Å². The lowest BCUT2D eigenvalue weighted by atomic mass is 10.3. The summed E-state index contributed by atoms with van der Waals surface area (Å²) in [4.78, 5) is 14.2. The first kappa shape index (κ1) is 20.9. The zero-order valence-corrected chi connectivity index (χ0v) is 18.3. The van der Waals surface area contributed by atoms with Crippen molar-refractivity contribution in [1.82, 2.24) is 20.6 Å². The molecule has 2 heterocycles. The number of halogens is 1. The largest absolute Gasteiger partial charge is 0.477 e.